The van der Waals surface area contributed by atoms with E-state index in [1.54, 1.807) is 6.08 Å². The first-order valence-electron chi connectivity index (χ1n) is 6.42. The topological polar surface area (TPSA) is 29.5 Å². The molecule has 0 radical (unpaired) electrons. The molecule has 0 bridgehead atoms. The Morgan fingerprint density at radius 2 is 1.65 bits per heavy atom. The highest BCUT2D eigenvalue weighted by molar-refractivity contribution is 5.89. The summed E-state index contributed by atoms with van der Waals surface area (Å²) in [5.74, 6) is -0.181. The Kier molecular flexibility index (Phi) is 4.69. The first-order valence-corrected chi connectivity index (χ1v) is 6.42. The summed E-state index contributed by atoms with van der Waals surface area (Å²) in [6.07, 6.45) is 1.30. The van der Waals surface area contributed by atoms with E-state index in [2.05, 4.69) is 6.58 Å². The van der Waals surface area contributed by atoms with Crippen LogP contribution in [-0.2, 0) is 9.63 Å². The van der Waals surface area contributed by atoms with Crippen LogP contribution in [0.5, 0.6) is 0 Å². The molecule has 0 spiro atoms. The highest BCUT2D eigenvalue weighted by Crippen LogP contribution is 2.23. The molecule has 2 aromatic rings. The number of amides is 1. The fourth-order valence-electron chi connectivity index (χ4n) is 1.88. The minimum atomic E-state index is -0.375. The Labute approximate surface area is 119 Å². The maximum atomic E-state index is 11.8. The van der Waals surface area contributed by atoms with E-state index in [1.807, 2.05) is 60.7 Å². The van der Waals surface area contributed by atoms with Crippen molar-refractivity contribution in [2.75, 3.05) is 5.06 Å². The number of carbonyl (C=O) groups excluding carboxylic acids is 1. The van der Waals surface area contributed by atoms with Crippen LogP contribution < -0.4 is 5.06 Å². The molecule has 3 heteroatoms. The average Bonchev–Trinajstić information content (AvgIpc) is 2.50. The zero-order valence-corrected chi connectivity index (χ0v) is 11.4. The summed E-state index contributed by atoms with van der Waals surface area (Å²) >= 11 is 0. The number of carbonyl (C=O) groups is 1. The van der Waals surface area contributed by atoms with E-state index >= 15 is 0 Å². The summed E-state index contributed by atoms with van der Waals surface area (Å²) in [4.78, 5) is 17.6. The van der Waals surface area contributed by atoms with Crippen molar-refractivity contribution >= 4 is 11.6 Å². The fourth-order valence-corrected chi connectivity index (χ4v) is 1.88. The number of benzene rings is 2. The van der Waals surface area contributed by atoms with Crippen molar-refractivity contribution in [2.45, 2.75) is 13.0 Å². The van der Waals surface area contributed by atoms with Crippen LogP contribution in [0, 0.1) is 0 Å². The molecule has 102 valence electrons. The smallest absolute Gasteiger partial charge is 0.247 e. The second kappa shape index (κ2) is 6.68. The van der Waals surface area contributed by atoms with Crippen molar-refractivity contribution in [3.63, 3.8) is 0 Å². The maximum absolute atomic E-state index is 11.8. The van der Waals surface area contributed by atoms with Gasteiger partial charge in [0.15, 0.2) is 0 Å². The van der Waals surface area contributed by atoms with Crippen LogP contribution >= 0.6 is 0 Å². The highest BCUT2D eigenvalue weighted by atomic mass is 16.7. The van der Waals surface area contributed by atoms with Gasteiger partial charge in [0.2, 0.25) is 5.91 Å². The van der Waals surface area contributed by atoms with Gasteiger partial charge < -0.3 is 0 Å². The van der Waals surface area contributed by atoms with Gasteiger partial charge in [0.05, 0.1) is 5.69 Å². The maximum Gasteiger partial charge on any atom is 0.247 e. The lowest BCUT2D eigenvalue weighted by atomic mass is 10.1. The summed E-state index contributed by atoms with van der Waals surface area (Å²) in [6, 6.07) is 18.9. The van der Waals surface area contributed by atoms with E-state index in [-0.39, 0.29) is 12.0 Å². The van der Waals surface area contributed by atoms with E-state index in [9.17, 15) is 4.79 Å². The molecule has 0 N–H and O–H groups in total. The van der Waals surface area contributed by atoms with Crippen LogP contribution in [0.1, 0.15) is 18.6 Å². The van der Waals surface area contributed by atoms with Crippen LogP contribution in [0.4, 0.5) is 5.69 Å². The lowest BCUT2D eigenvalue weighted by Gasteiger charge is -2.25. The van der Waals surface area contributed by atoms with E-state index in [0.717, 1.165) is 5.56 Å². The molecule has 2 aromatic carbocycles. The van der Waals surface area contributed by atoms with Crippen molar-refractivity contribution < 1.29 is 9.63 Å². The Hall–Kier alpha value is -2.39. The number of hydrogen-bond acceptors (Lipinski definition) is 2. The van der Waals surface area contributed by atoms with Gasteiger partial charge in [0.1, 0.15) is 6.10 Å². The second-order valence-electron chi connectivity index (χ2n) is 4.32. The predicted molar refractivity (Wildman–Crippen MR) is 80.1 cm³/mol. The standard InChI is InChI=1S/C17H17NO2/c1-3-17(15-10-6-4-7-11-15)20-18(14(2)19)16-12-8-5-9-13-16/h3-13,17H,1H2,2H3/t17-/m1/s1. The van der Waals surface area contributed by atoms with Gasteiger partial charge >= 0.3 is 0 Å². The number of nitrogens with zero attached hydrogens (tertiary/aromatic N) is 1. The normalized spacial score (nSPS) is 11.7. The summed E-state index contributed by atoms with van der Waals surface area (Å²) < 4.78 is 0. The monoisotopic (exact) mass is 267 g/mol. The summed E-state index contributed by atoms with van der Waals surface area (Å²) in [5.41, 5.74) is 1.65. The molecule has 1 atom stereocenters. The first kappa shape index (κ1) is 14.0. The van der Waals surface area contributed by atoms with Gasteiger partial charge in [-0.25, -0.2) is 0 Å². The zero-order chi connectivity index (χ0) is 14.4. The second-order valence-corrected chi connectivity index (χ2v) is 4.32. The zero-order valence-electron chi connectivity index (χ0n) is 11.4. The Balaban J connectivity index is 2.24. The first-order chi connectivity index (χ1) is 9.72. The van der Waals surface area contributed by atoms with Gasteiger partial charge in [0, 0.05) is 6.92 Å². The molecule has 0 aliphatic heterocycles. The third-order valence-corrected chi connectivity index (χ3v) is 2.84. The lowest BCUT2D eigenvalue weighted by molar-refractivity contribution is -0.125. The van der Waals surface area contributed by atoms with Crippen LogP contribution in [0.2, 0.25) is 0 Å². The molecule has 1 amide bonds. The van der Waals surface area contributed by atoms with Crippen LogP contribution in [0.15, 0.2) is 73.3 Å². The Morgan fingerprint density at radius 1 is 1.10 bits per heavy atom. The third kappa shape index (κ3) is 3.33. The van der Waals surface area contributed by atoms with Gasteiger partial charge in [-0.3, -0.25) is 9.63 Å². The van der Waals surface area contributed by atoms with E-state index in [0.29, 0.717) is 5.69 Å². The number of hydrogen-bond donors (Lipinski definition) is 0. The van der Waals surface area contributed by atoms with E-state index in [4.69, 9.17) is 4.84 Å². The fraction of sp³-hybridized carbons (Fsp3) is 0.118. The molecular weight excluding hydrogens is 250 g/mol. The van der Waals surface area contributed by atoms with Gasteiger partial charge in [-0.15, -0.1) is 6.58 Å². The molecule has 0 heterocycles. The van der Waals surface area contributed by atoms with Gasteiger partial charge in [-0.05, 0) is 17.7 Å². The van der Waals surface area contributed by atoms with Crippen LogP contribution in [0.3, 0.4) is 0 Å². The Bertz CT molecular complexity index is 566. The van der Waals surface area contributed by atoms with Crippen LogP contribution in [-0.4, -0.2) is 5.91 Å². The highest BCUT2D eigenvalue weighted by Gasteiger charge is 2.18. The Morgan fingerprint density at radius 3 is 2.15 bits per heavy atom. The molecule has 0 saturated carbocycles. The van der Waals surface area contributed by atoms with Gasteiger partial charge in [-0.2, -0.15) is 5.06 Å². The number of hydroxylamine groups is 1. The van der Waals surface area contributed by atoms with Crippen molar-refractivity contribution in [1.29, 1.82) is 0 Å². The summed E-state index contributed by atoms with van der Waals surface area (Å²) in [5, 5.41) is 1.29. The summed E-state index contributed by atoms with van der Waals surface area (Å²) in [6.45, 7) is 5.25. The third-order valence-electron chi connectivity index (χ3n) is 2.84. The molecule has 0 aromatic heterocycles. The van der Waals surface area contributed by atoms with E-state index in [1.165, 1.54) is 12.0 Å². The quantitative estimate of drug-likeness (QED) is 0.607. The molecule has 0 aliphatic rings. The SMILES string of the molecule is C=C[C@@H](ON(C(C)=O)c1ccccc1)c1ccccc1. The summed E-state index contributed by atoms with van der Waals surface area (Å²) in [7, 11) is 0. The van der Waals surface area contributed by atoms with Gasteiger partial charge in [0.25, 0.3) is 0 Å². The molecule has 0 unspecified atom stereocenters. The minimum absolute atomic E-state index is 0.181. The molecule has 20 heavy (non-hydrogen) atoms. The predicted octanol–water partition coefficient (Wildman–Crippen LogP) is 3.90. The van der Waals surface area contributed by atoms with Crippen molar-refractivity contribution in [3.05, 3.63) is 78.9 Å². The number of anilines is 1. The lowest BCUT2D eigenvalue weighted by Crippen LogP contribution is -2.30. The number of rotatable bonds is 5. The molecule has 0 saturated heterocycles. The molecule has 3 nitrogen and oxygen atoms in total. The molecule has 0 fully saturated rings. The largest absolute Gasteiger partial charge is 0.273 e. The van der Waals surface area contributed by atoms with Crippen LogP contribution in [0.25, 0.3) is 0 Å². The van der Waals surface area contributed by atoms with Crippen molar-refractivity contribution in [2.24, 2.45) is 0 Å². The van der Waals surface area contributed by atoms with Gasteiger partial charge in [-0.1, -0.05) is 54.6 Å². The minimum Gasteiger partial charge on any atom is -0.273 e. The van der Waals surface area contributed by atoms with E-state index < -0.39 is 0 Å². The molecular formula is C17H17NO2. The van der Waals surface area contributed by atoms with Crippen molar-refractivity contribution in [3.8, 4) is 0 Å². The molecule has 2 rings (SSSR count). The van der Waals surface area contributed by atoms with Crippen molar-refractivity contribution in [1.82, 2.24) is 0 Å². The number of para-hydroxylation sites is 1. The molecule has 0 aliphatic carbocycles. The average molecular weight is 267 g/mol.